The second-order valence-electron chi connectivity index (χ2n) is 4.69. The van der Waals surface area contributed by atoms with Gasteiger partial charge in [-0.2, -0.15) is 0 Å². The standard InChI is InChI=1S/C15H22N2O2/c1-4-13(12-8-5-6-9-14(12)18)16-15(19)10-7-11-17(2)3/h5-10,13,18H,4,11H2,1-3H3,(H,16,19)/b10-7+. The fraction of sp³-hybridized carbons (Fsp3) is 0.400. The number of nitrogens with one attached hydrogen (secondary N) is 1. The summed E-state index contributed by atoms with van der Waals surface area (Å²) in [5.41, 5.74) is 0.749. The van der Waals surface area contributed by atoms with Crippen LogP contribution in [0.2, 0.25) is 0 Å². The molecule has 1 aromatic rings. The Kier molecular flexibility index (Phi) is 6.09. The average molecular weight is 262 g/mol. The van der Waals surface area contributed by atoms with E-state index in [0.717, 1.165) is 18.5 Å². The lowest BCUT2D eigenvalue weighted by atomic mass is 10.0. The van der Waals surface area contributed by atoms with Crippen molar-refractivity contribution >= 4 is 5.91 Å². The van der Waals surface area contributed by atoms with Crippen molar-refractivity contribution in [3.05, 3.63) is 42.0 Å². The van der Waals surface area contributed by atoms with Gasteiger partial charge in [0.25, 0.3) is 0 Å². The van der Waals surface area contributed by atoms with E-state index in [0.29, 0.717) is 0 Å². The van der Waals surface area contributed by atoms with Crippen molar-refractivity contribution in [1.82, 2.24) is 10.2 Å². The Balaban J connectivity index is 2.65. The minimum absolute atomic E-state index is 0.142. The van der Waals surface area contributed by atoms with Gasteiger partial charge in [-0.05, 0) is 26.6 Å². The van der Waals surface area contributed by atoms with Crippen molar-refractivity contribution in [3.63, 3.8) is 0 Å². The normalized spacial score (nSPS) is 12.8. The van der Waals surface area contributed by atoms with Crippen LogP contribution in [-0.2, 0) is 4.79 Å². The third kappa shape index (κ3) is 5.14. The number of nitrogens with zero attached hydrogens (tertiary/aromatic N) is 1. The first-order chi connectivity index (χ1) is 9.04. The zero-order valence-corrected chi connectivity index (χ0v) is 11.8. The zero-order valence-electron chi connectivity index (χ0n) is 11.8. The molecule has 4 nitrogen and oxygen atoms in total. The van der Waals surface area contributed by atoms with Gasteiger partial charge < -0.3 is 15.3 Å². The van der Waals surface area contributed by atoms with Crippen molar-refractivity contribution in [2.75, 3.05) is 20.6 Å². The van der Waals surface area contributed by atoms with E-state index in [-0.39, 0.29) is 17.7 Å². The minimum atomic E-state index is -0.169. The van der Waals surface area contributed by atoms with Crippen molar-refractivity contribution in [2.45, 2.75) is 19.4 Å². The van der Waals surface area contributed by atoms with Crippen molar-refractivity contribution in [2.24, 2.45) is 0 Å². The number of para-hydroxylation sites is 1. The predicted octanol–water partition coefficient (Wildman–Crippen LogP) is 2.08. The lowest BCUT2D eigenvalue weighted by Gasteiger charge is -2.17. The average Bonchev–Trinajstić information content (AvgIpc) is 2.36. The Morgan fingerprint density at radius 3 is 2.68 bits per heavy atom. The van der Waals surface area contributed by atoms with Crippen LogP contribution in [-0.4, -0.2) is 36.6 Å². The number of hydrogen-bond donors (Lipinski definition) is 2. The molecule has 0 radical (unpaired) electrons. The van der Waals surface area contributed by atoms with Gasteiger partial charge in [0.2, 0.25) is 5.91 Å². The van der Waals surface area contributed by atoms with Crippen LogP contribution in [0, 0.1) is 0 Å². The van der Waals surface area contributed by atoms with Gasteiger partial charge in [-0.25, -0.2) is 0 Å². The molecule has 0 aliphatic carbocycles. The summed E-state index contributed by atoms with van der Waals surface area (Å²) in [6, 6.07) is 6.91. The fourth-order valence-electron chi connectivity index (χ4n) is 1.77. The predicted molar refractivity (Wildman–Crippen MR) is 77.0 cm³/mol. The van der Waals surface area contributed by atoms with Crippen LogP contribution in [0.5, 0.6) is 5.75 Å². The molecule has 19 heavy (non-hydrogen) atoms. The number of phenolic OH excluding ortho intramolecular Hbond substituents is 1. The molecule has 0 bridgehead atoms. The maximum Gasteiger partial charge on any atom is 0.244 e. The maximum atomic E-state index is 11.8. The molecule has 0 spiro atoms. The summed E-state index contributed by atoms with van der Waals surface area (Å²) in [4.78, 5) is 13.8. The van der Waals surface area contributed by atoms with Gasteiger partial charge in [0.1, 0.15) is 5.75 Å². The molecular formula is C15H22N2O2. The number of likely N-dealkylation sites (N-methyl/N-ethyl adjacent to an activating group) is 1. The first-order valence-corrected chi connectivity index (χ1v) is 6.44. The van der Waals surface area contributed by atoms with E-state index in [1.807, 2.05) is 44.1 Å². The topological polar surface area (TPSA) is 52.6 Å². The number of phenols is 1. The quantitative estimate of drug-likeness (QED) is 0.772. The Morgan fingerprint density at radius 1 is 1.42 bits per heavy atom. The summed E-state index contributed by atoms with van der Waals surface area (Å²) in [6.07, 6.45) is 4.07. The molecule has 1 aromatic carbocycles. The molecule has 0 aliphatic heterocycles. The Bertz CT molecular complexity index is 442. The molecule has 1 rings (SSSR count). The minimum Gasteiger partial charge on any atom is -0.508 e. The highest BCUT2D eigenvalue weighted by Crippen LogP contribution is 2.25. The molecule has 0 saturated heterocycles. The van der Waals surface area contributed by atoms with Crippen LogP contribution in [0.4, 0.5) is 0 Å². The van der Waals surface area contributed by atoms with E-state index in [1.165, 1.54) is 6.08 Å². The molecule has 0 fully saturated rings. The van der Waals surface area contributed by atoms with Crippen LogP contribution >= 0.6 is 0 Å². The van der Waals surface area contributed by atoms with Crippen LogP contribution in [0.15, 0.2) is 36.4 Å². The molecule has 0 aromatic heterocycles. The van der Waals surface area contributed by atoms with Crippen LogP contribution in [0.1, 0.15) is 24.9 Å². The second-order valence-corrected chi connectivity index (χ2v) is 4.69. The smallest absolute Gasteiger partial charge is 0.244 e. The van der Waals surface area contributed by atoms with Crippen LogP contribution in [0.3, 0.4) is 0 Å². The van der Waals surface area contributed by atoms with Crippen molar-refractivity contribution < 1.29 is 9.90 Å². The Labute approximate surface area is 114 Å². The summed E-state index contributed by atoms with van der Waals surface area (Å²) in [5.74, 6) is 0.0730. The molecule has 0 saturated carbocycles. The van der Waals surface area contributed by atoms with Crippen molar-refractivity contribution in [3.8, 4) is 5.75 Å². The van der Waals surface area contributed by atoms with E-state index in [9.17, 15) is 9.90 Å². The maximum absolute atomic E-state index is 11.8. The summed E-state index contributed by atoms with van der Waals surface area (Å²) in [5, 5.41) is 12.7. The number of benzene rings is 1. The lowest BCUT2D eigenvalue weighted by Crippen LogP contribution is -2.26. The van der Waals surface area contributed by atoms with E-state index >= 15 is 0 Å². The summed E-state index contributed by atoms with van der Waals surface area (Å²) in [6.45, 7) is 2.70. The SMILES string of the molecule is CCC(NC(=O)/C=C/CN(C)C)c1ccccc1O. The zero-order chi connectivity index (χ0) is 14.3. The fourth-order valence-corrected chi connectivity index (χ4v) is 1.77. The molecule has 0 heterocycles. The first-order valence-electron chi connectivity index (χ1n) is 6.44. The lowest BCUT2D eigenvalue weighted by molar-refractivity contribution is -0.117. The number of carbonyl (C=O) groups excluding carboxylic acids is 1. The van der Waals surface area contributed by atoms with Crippen molar-refractivity contribution in [1.29, 1.82) is 0 Å². The summed E-state index contributed by atoms with van der Waals surface area (Å²) < 4.78 is 0. The number of aromatic hydroxyl groups is 1. The monoisotopic (exact) mass is 262 g/mol. The first kappa shape index (κ1) is 15.2. The van der Waals surface area contributed by atoms with Gasteiger partial charge in [0, 0.05) is 18.2 Å². The Morgan fingerprint density at radius 2 is 2.11 bits per heavy atom. The molecule has 4 heteroatoms. The van der Waals surface area contributed by atoms with E-state index in [2.05, 4.69) is 5.32 Å². The molecule has 2 N–H and O–H groups in total. The van der Waals surface area contributed by atoms with Crippen LogP contribution < -0.4 is 5.32 Å². The Hall–Kier alpha value is -1.81. The third-order valence-corrected chi connectivity index (χ3v) is 2.78. The van der Waals surface area contributed by atoms with Crippen LogP contribution in [0.25, 0.3) is 0 Å². The van der Waals surface area contributed by atoms with E-state index in [1.54, 1.807) is 12.1 Å². The third-order valence-electron chi connectivity index (χ3n) is 2.78. The van der Waals surface area contributed by atoms with E-state index in [4.69, 9.17) is 0 Å². The van der Waals surface area contributed by atoms with Gasteiger partial charge in [0.15, 0.2) is 0 Å². The summed E-state index contributed by atoms with van der Waals surface area (Å²) in [7, 11) is 3.89. The second kappa shape index (κ2) is 7.59. The highest BCUT2D eigenvalue weighted by atomic mass is 16.3. The number of amides is 1. The molecule has 0 aliphatic rings. The molecular weight excluding hydrogens is 240 g/mol. The number of hydrogen-bond acceptors (Lipinski definition) is 3. The van der Waals surface area contributed by atoms with E-state index < -0.39 is 0 Å². The van der Waals surface area contributed by atoms with Gasteiger partial charge in [0.05, 0.1) is 6.04 Å². The summed E-state index contributed by atoms with van der Waals surface area (Å²) >= 11 is 0. The number of rotatable bonds is 6. The highest BCUT2D eigenvalue weighted by molar-refractivity contribution is 5.87. The molecule has 1 amide bonds. The molecule has 104 valence electrons. The van der Waals surface area contributed by atoms with Gasteiger partial charge in [-0.15, -0.1) is 0 Å². The highest BCUT2D eigenvalue weighted by Gasteiger charge is 2.14. The van der Waals surface area contributed by atoms with Gasteiger partial charge >= 0.3 is 0 Å². The largest absolute Gasteiger partial charge is 0.508 e. The molecule has 1 unspecified atom stereocenters. The van der Waals surface area contributed by atoms with Gasteiger partial charge in [-0.1, -0.05) is 31.2 Å². The molecule has 1 atom stereocenters. The van der Waals surface area contributed by atoms with Gasteiger partial charge in [-0.3, -0.25) is 4.79 Å². The number of carbonyl (C=O) groups is 1.